The van der Waals surface area contributed by atoms with Crippen molar-refractivity contribution >= 4 is 6.09 Å². The van der Waals surface area contributed by atoms with E-state index in [2.05, 4.69) is 0 Å². The molecule has 0 aromatic carbocycles. The quantitative estimate of drug-likeness (QED) is 0.657. The third-order valence-corrected chi connectivity index (χ3v) is 3.67. The van der Waals surface area contributed by atoms with E-state index in [0.29, 0.717) is 6.54 Å². The second-order valence-corrected chi connectivity index (χ2v) is 5.38. The summed E-state index contributed by atoms with van der Waals surface area (Å²) in [6.45, 7) is 6.41. The predicted molar refractivity (Wildman–Crippen MR) is 57.6 cm³/mol. The van der Waals surface area contributed by atoms with Crippen LogP contribution in [0, 0.1) is 0 Å². The molecule has 1 aliphatic rings. The molecule has 2 N–H and O–H groups in total. The molecule has 2 atom stereocenters. The first-order chi connectivity index (χ1) is 6.86. The van der Waals surface area contributed by atoms with Gasteiger partial charge in [-0.1, -0.05) is 0 Å². The van der Waals surface area contributed by atoms with E-state index in [0.717, 1.165) is 19.3 Å². The van der Waals surface area contributed by atoms with Crippen LogP contribution in [0.3, 0.4) is 0 Å². The van der Waals surface area contributed by atoms with Crippen LogP contribution in [0.15, 0.2) is 0 Å². The highest BCUT2D eigenvalue weighted by molar-refractivity contribution is 5.57. The topological polar surface area (TPSA) is 57.5 Å². The number of likely N-dealkylation sites (tertiary alicyclic amines) is 1. The van der Waals surface area contributed by atoms with Gasteiger partial charge in [-0.25, -0.2) is 4.48 Å². The Bertz CT molecular complexity index is 247. The fourth-order valence-corrected chi connectivity index (χ4v) is 2.80. The van der Waals surface area contributed by atoms with Crippen LogP contribution < -0.4 is 0 Å². The van der Waals surface area contributed by atoms with Crippen LogP contribution in [0.4, 0.5) is 4.79 Å². The molecule has 4 heteroatoms. The first-order valence-electron chi connectivity index (χ1n) is 5.58. The minimum Gasteiger partial charge on any atom is -0.435 e. The molecule has 4 nitrogen and oxygen atoms in total. The lowest BCUT2D eigenvalue weighted by Gasteiger charge is -2.50. The zero-order valence-electron chi connectivity index (χ0n) is 9.86. The van der Waals surface area contributed by atoms with E-state index in [1.54, 1.807) is 0 Å². The Labute approximate surface area is 91.1 Å². The second kappa shape index (κ2) is 4.10. The molecule has 1 aliphatic heterocycles. The lowest BCUT2D eigenvalue weighted by atomic mass is 9.90. The van der Waals surface area contributed by atoms with Gasteiger partial charge in [0.05, 0.1) is 13.2 Å². The van der Waals surface area contributed by atoms with Crippen molar-refractivity contribution in [3.05, 3.63) is 0 Å². The standard InChI is InChI=1S/C11H21NO3/c1-11(2,3)12(10(14)15)7-5-4-6-9(12)8-13/h9,13H,4-8H2,1-3H3/p+1/t9-,12?/m1/s1. The molecular formula is C11H22NO3+. The zero-order valence-corrected chi connectivity index (χ0v) is 9.86. The molecular weight excluding hydrogens is 194 g/mol. The summed E-state index contributed by atoms with van der Waals surface area (Å²) in [4.78, 5) is 11.6. The molecule has 15 heavy (non-hydrogen) atoms. The van der Waals surface area contributed by atoms with Crippen LogP contribution in [0.5, 0.6) is 0 Å². The van der Waals surface area contributed by atoms with Gasteiger partial charge in [-0.15, -0.1) is 0 Å². The average Bonchev–Trinajstić information content (AvgIpc) is 2.15. The summed E-state index contributed by atoms with van der Waals surface area (Å²) < 4.78 is 0.00347. The first-order valence-corrected chi connectivity index (χ1v) is 5.58. The Balaban J connectivity index is 3.12. The maximum absolute atomic E-state index is 11.6. The Morgan fingerprint density at radius 3 is 2.33 bits per heavy atom. The molecule has 1 heterocycles. The summed E-state index contributed by atoms with van der Waals surface area (Å²) >= 11 is 0. The van der Waals surface area contributed by atoms with Gasteiger partial charge >= 0.3 is 6.09 Å². The van der Waals surface area contributed by atoms with Crippen LogP contribution in [-0.2, 0) is 0 Å². The average molecular weight is 216 g/mol. The van der Waals surface area contributed by atoms with Crippen LogP contribution in [-0.4, -0.2) is 45.5 Å². The van der Waals surface area contributed by atoms with Crippen molar-refractivity contribution in [1.82, 2.24) is 0 Å². The number of nitrogens with zero attached hydrogens (tertiary/aromatic N) is 1. The van der Waals surface area contributed by atoms with Gasteiger partial charge in [-0.3, -0.25) is 0 Å². The van der Waals surface area contributed by atoms with Crippen LogP contribution in [0.2, 0.25) is 0 Å². The summed E-state index contributed by atoms with van der Waals surface area (Å²) in [5, 5.41) is 18.8. The van der Waals surface area contributed by atoms with Gasteiger partial charge in [0, 0.05) is 6.42 Å². The number of piperidine rings is 1. The van der Waals surface area contributed by atoms with Crippen molar-refractivity contribution in [2.45, 2.75) is 51.6 Å². The fraction of sp³-hybridized carbons (Fsp3) is 0.909. The van der Waals surface area contributed by atoms with Crippen LogP contribution in [0.1, 0.15) is 40.0 Å². The molecule has 0 spiro atoms. The van der Waals surface area contributed by atoms with Crippen molar-refractivity contribution in [3.63, 3.8) is 0 Å². The Morgan fingerprint density at radius 1 is 1.40 bits per heavy atom. The van der Waals surface area contributed by atoms with E-state index in [-0.39, 0.29) is 22.7 Å². The third-order valence-electron chi connectivity index (χ3n) is 3.67. The highest BCUT2D eigenvalue weighted by Crippen LogP contribution is 2.35. The summed E-state index contributed by atoms with van der Waals surface area (Å²) in [5.74, 6) is 0. The van der Waals surface area contributed by atoms with Crippen molar-refractivity contribution in [2.75, 3.05) is 13.2 Å². The normalized spacial score (nSPS) is 32.7. The number of hydrogen-bond donors (Lipinski definition) is 2. The smallest absolute Gasteiger partial charge is 0.435 e. The number of carbonyl (C=O) groups is 1. The molecule has 88 valence electrons. The van der Waals surface area contributed by atoms with E-state index >= 15 is 0 Å². The molecule has 0 aromatic heterocycles. The van der Waals surface area contributed by atoms with Crippen molar-refractivity contribution < 1.29 is 19.5 Å². The maximum Gasteiger partial charge on any atom is 0.514 e. The molecule has 1 unspecified atom stereocenters. The summed E-state index contributed by atoms with van der Waals surface area (Å²) in [7, 11) is 0. The summed E-state index contributed by atoms with van der Waals surface area (Å²) in [6.07, 6.45) is 1.95. The molecule has 0 saturated carbocycles. The highest BCUT2D eigenvalue weighted by Gasteiger charge is 2.54. The highest BCUT2D eigenvalue weighted by atomic mass is 16.4. The van der Waals surface area contributed by atoms with Crippen molar-refractivity contribution in [1.29, 1.82) is 0 Å². The largest absolute Gasteiger partial charge is 0.514 e. The lowest BCUT2D eigenvalue weighted by Crippen LogP contribution is -2.70. The maximum atomic E-state index is 11.6. The summed E-state index contributed by atoms with van der Waals surface area (Å²) in [5.41, 5.74) is -0.361. The Kier molecular flexibility index (Phi) is 3.41. The number of aliphatic hydroxyl groups is 1. The SMILES string of the molecule is CC(C)(C)[N+]1(C(=O)O)CCCC[C@@H]1CO. The number of carboxylic acid groups (broad SMARTS) is 1. The van der Waals surface area contributed by atoms with E-state index < -0.39 is 6.09 Å². The van der Waals surface area contributed by atoms with Gasteiger partial charge in [0.2, 0.25) is 0 Å². The lowest BCUT2D eigenvalue weighted by molar-refractivity contribution is -0.931. The Hall–Kier alpha value is -0.610. The molecule has 1 rings (SSSR count). The third kappa shape index (κ3) is 1.88. The monoisotopic (exact) mass is 216 g/mol. The second-order valence-electron chi connectivity index (χ2n) is 5.38. The number of amides is 1. The van der Waals surface area contributed by atoms with Crippen LogP contribution in [0.25, 0.3) is 0 Å². The van der Waals surface area contributed by atoms with Crippen molar-refractivity contribution in [2.24, 2.45) is 0 Å². The van der Waals surface area contributed by atoms with Gasteiger partial charge < -0.3 is 10.2 Å². The van der Waals surface area contributed by atoms with Gasteiger partial charge in [0.25, 0.3) is 0 Å². The first kappa shape index (κ1) is 12.5. The van der Waals surface area contributed by atoms with Crippen molar-refractivity contribution in [3.8, 4) is 0 Å². The molecule has 0 aromatic rings. The summed E-state index contributed by atoms with van der Waals surface area (Å²) in [6, 6.07) is -0.156. The number of rotatable bonds is 1. The van der Waals surface area contributed by atoms with Gasteiger partial charge in [0.1, 0.15) is 11.6 Å². The fourth-order valence-electron chi connectivity index (χ4n) is 2.80. The minimum absolute atomic E-state index is 0.00347. The van der Waals surface area contributed by atoms with E-state index in [9.17, 15) is 15.0 Å². The van der Waals surface area contributed by atoms with E-state index in [1.807, 2.05) is 20.8 Å². The zero-order chi connectivity index (χ0) is 11.7. The number of quaternary nitrogens is 1. The van der Waals surface area contributed by atoms with Gasteiger partial charge in [-0.2, -0.15) is 4.79 Å². The molecule has 1 saturated heterocycles. The van der Waals surface area contributed by atoms with Gasteiger partial charge in [-0.05, 0) is 33.6 Å². The molecule has 1 fully saturated rings. The van der Waals surface area contributed by atoms with Crippen LogP contribution >= 0.6 is 0 Å². The van der Waals surface area contributed by atoms with E-state index in [1.165, 1.54) is 0 Å². The number of aliphatic hydroxyl groups excluding tert-OH is 1. The van der Waals surface area contributed by atoms with Gasteiger partial charge in [0.15, 0.2) is 0 Å². The molecule has 1 amide bonds. The molecule has 0 aliphatic carbocycles. The minimum atomic E-state index is -0.804. The predicted octanol–water partition coefficient (Wildman–Crippen LogP) is 1.82. The van der Waals surface area contributed by atoms with E-state index in [4.69, 9.17) is 0 Å². The molecule has 0 radical (unpaired) electrons. The number of hydrogen-bond acceptors (Lipinski definition) is 2. The Morgan fingerprint density at radius 2 is 2.00 bits per heavy atom. The molecule has 0 bridgehead atoms.